The number of halogens is 2. The Kier molecular flexibility index (Phi) is 12.2. The van der Waals surface area contributed by atoms with Crippen LogP contribution in [0.1, 0.15) is 79.1 Å². The predicted molar refractivity (Wildman–Crippen MR) is 99.5 cm³/mol. The fraction of sp³-hybridized carbons (Fsp3) is 0.636. The van der Waals surface area contributed by atoms with Gasteiger partial charge < -0.3 is 24.8 Å². The Morgan fingerprint density at radius 1 is 0.720 bits per heavy atom. The van der Waals surface area contributed by atoms with E-state index in [1.165, 1.54) is 51.4 Å². The molecule has 0 nitrogen and oxygen atoms in total. The number of rotatable bonds is 10. The molecule has 140 valence electrons. The average Bonchev–Trinajstić information content (AvgIpc) is 3.03. The first-order chi connectivity index (χ1) is 11.0. The fourth-order valence-electron chi connectivity index (χ4n) is 3.73. The maximum Gasteiger partial charge on any atom is -1.00 e. The molecule has 0 saturated heterocycles. The van der Waals surface area contributed by atoms with Crippen LogP contribution in [0.3, 0.4) is 0 Å². The quantitative estimate of drug-likeness (QED) is 0.288. The summed E-state index contributed by atoms with van der Waals surface area (Å²) in [5, 5.41) is 0. The van der Waals surface area contributed by atoms with Gasteiger partial charge in [-0.3, -0.25) is 0 Å². The van der Waals surface area contributed by atoms with Crippen LogP contribution in [0.2, 0.25) is 6.34 Å². The van der Waals surface area contributed by atoms with Gasteiger partial charge in [0.2, 0.25) is 0 Å². The van der Waals surface area contributed by atoms with E-state index in [0.717, 1.165) is 0 Å². The maximum atomic E-state index is 2.62. The molecule has 3 heteroatoms. The number of unbranched alkanes of at least 4 members (excludes halogenated alkanes) is 4. The van der Waals surface area contributed by atoms with Gasteiger partial charge in [0.05, 0.1) is 0 Å². The second-order valence-electron chi connectivity index (χ2n) is 7.71. The summed E-state index contributed by atoms with van der Waals surface area (Å²) in [6.07, 6.45) is 25.8. The zero-order valence-corrected chi connectivity index (χ0v) is 21.5. The van der Waals surface area contributed by atoms with Gasteiger partial charge in [0.25, 0.3) is 0 Å². The van der Waals surface area contributed by atoms with Crippen molar-refractivity contribution >= 4 is 0 Å². The van der Waals surface area contributed by atoms with Gasteiger partial charge in [0, 0.05) is 0 Å². The molecule has 2 aliphatic rings. The third kappa shape index (κ3) is 8.31. The van der Waals surface area contributed by atoms with Crippen molar-refractivity contribution in [3.05, 3.63) is 47.6 Å². The molecule has 0 bridgehead atoms. The third-order valence-corrected chi connectivity index (χ3v) is 11.0. The summed E-state index contributed by atoms with van der Waals surface area (Å²) in [7, 11) is 0. The van der Waals surface area contributed by atoms with Crippen LogP contribution in [0.5, 0.6) is 0 Å². The van der Waals surface area contributed by atoms with Gasteiger partial charge in [-0.1, -0.05) is 0 Å². The smallest absolute Gasteiger partial charge is 1.00 e. The van der Waals surface area contributed by atoms with Crippen molar-refractivity contribution in [1.29, 1.82) is 0 Å². The van der Waals surface area contributed by atoms with Crippen LogP contribution in [0.4, 0.5) is 0 Å². The molecule has 0 aliphatic heterocycles. The summed E-state index contributed by atoms with van der Waals surface area (Å²) in [6.45, 7) is 9.55. The molecule has 25 heavy (non-hydrogen) atoms. The molecule has 0 fully saturated rings. The van der Waals surface area contributed by atoms with E-state index in [1.807, 2.05) is 0 Å². The molecule has 2 unspecified atom stereocenters. The molecule has 2 atom stereocenters. The summed E-state index contributed by atoms with van der Waals surface area (Å²) >= 11 is -0.864. The van der Waals surface area contributed by atoms with Crippen LogP contribution < -0.4 is 24.8 Å². The van der Waals surface area contributed by atoms with Gasteiger partial charge in [-0.25, -0.2) is 0 Å². The van der Waals surface area contributed by atoms with Gasteiger partial charge in [0.15, 0.2) is 0 Å². The van der Waals surface area contributed by atoms with Gasteiger partial charge in [0.1, 0.15) is 0 Å². The first-order valence-electron chi connectivity index (χ1n) is 9.60. The first kappa shape index (κ1) is 25.4. The topological polar surface area (TPSA) is 0 Å². The molecule has 0 saturated carbocycles. The van der Waals surface area contributed by atoms with Gasteiger partial charge in [-0.15, -0.1) is 0 Å². The zero-order valence-electron chi connectivity index (χ0n) is 16.4. The number of allylic oxidation sites excluding steroid dienone is 8. The normalized spacial score (nSPS) is 26.6. The van der Waals surface area contributed by atoms with Gasteiger partial charge in [-0.2, -0.15) is 0 Å². The van der Waals surface area contributed by atoms with Crippen molar-refractivity contribution in [3.8, 4) is 0 Å². The molecule has 0 spiro atoms. The van der Waals surface area contributed by atoms with Gasteiger partial charge in [-0.05, 0) is 0 Å². The summed E-state index contributed by atoms with van der Waals surface area (Å²) in [5.41, 5.74) is 3.21. The second kappa shape index (κ2) is 12.0. The Morgan fingerprint density at radius 2 is 1.12 bits per heavy atom. The van der Waals surface area contributed by atoms with Crippen molar-refractivity contribution in [1.82, 2.24) is 0 Å². The van der Waals surface area contributed by atoms with Crippen LogP contribution in [0.25, 0.3) is 0 Å². The molecular weight excluding hydrogens is 514 g/mol. The van der Waals surface area contributed by atoms with Crippen molar-refractivity contribution in [2.24, 2.45) is 0 Å². The molecule has 2 aliphatic carbocycles. The summed E-state index contributed by atoms with van der Waals surface area (Å²) in [4.78, 5) is 0. The van der Waals surface area contributed by atoms with Crippen LogP contribution in [-0.4, -0.2) is 0 Å². The minimum atomic E-state index is -0.864. The fourth-order valence-corrected chi connectivity index (χ4v) is 10.9. The van der Waals surface area contributed by atoms with E-state index in [9.17, 15) is 0 Å². The summed E-state index contributed by atoms with van der Waals surface area (Å²) in [5.74, 6) is 0. The Balaban J connectivity index is 0.00000288. The molecule has 0 aromatic carbocycles. The maximum absolute atomic E-state index is 2.62. The third-order valence-electron chi connectivity index (χ3n) is 4.93. The predicted octanol–water partition coefficient (Wildman–Crippen LogP) is 1.59. The standard InChI is InChI=1S/2C11H17.2ClH.Hf/c2*1-3-4-5-6-11-8-7-10(2)9-11;;;/h2*7-9H,3-6H2,1-2H3;2*1H;/q;;;;+2/p-2. The molecular formula is C22H34Cl2Hf. The van der Waals surface area contributed by atoms with Crippen LogP contribution >= 0.6 is 0 Å². The van der Waals surface area contributed by atoms with E-state index in [1.54, 1.807) is 11.1 Å². The Labute approximate surface area is 179 Å². The molecule has 0 N–H and O–H groups in total. The van der Waals surface area contributed by atoms with Crippen molar-refractivity contribution < 1.29 is 47.7 Å². The van der Waals surface area contributed by atoms with Crippen LogP contribution in [0.15, 0.2) is 47.6 Å². The minimum absolute atomic E-state index is 0. The van der Waals surface area contributed by atoms with Crippen molar-refractivity contribution in [2.75, 3.05) is 0 Å². The Hall–Kier alpha value is 0.410. The van der Waals surface area contributed by atoms with E-state index in [-0.39, 0.29) is 24.8 Å². The second-order valence-corrected chi connectivity index (χ2v) is 16.3. The Bertz CT molecular complexity index is 472. The van der Waals surface area contributed by atoms with Gasteiger partial charge >= 0.3 is 156 Å². The average molecular weight is 548 g/mol. The monoisotopic (exact) mass is 548 g/mol. The molecule has 0 heterocycles. The number of hydrogen-bond acceptors (Lipinski definition) is 0. The van der Waals surface area contributed by atoms with E-state index in [4.69, 9.17) is 0 Å². The minimum Gasteiger partial charge on any atom is -1.00 e. The zero-order chi connectivity index (χ0) is 16.8. The van der Waals surface area contributed by atoms with E-state index in [2.05, 4.69) is 64.2 Å². The van der Waals surface area contributed by atoms with E-state index >= 15 is 0 Å². The Morgan fingerprint density at radius 3 is 1.48 bits per heavy atom. The first-order valence-corrected chi connectivity index (χ1v) is 13.2. The van der Waals surface area contributed by atoms with Crippen molar-refractivity contribution in [3.63, 3.8) is 0 Å². The molecule has 0 aromatic heterocycles. The molecule has 2 rings (SSSR count). The largest absolute Gasteiger partial charge is 1.00 e. The SMILES string of the molecule is CCCCCC1=C[C](C)([Hf+2][C]2(C)C=CC(CCCCC)=C2)C=C1.[Cl-].[Cl-]. The summed E-state index contributed by atoms with van der Waals surface area (Å²) < 4.78 is 0.853. The summed E-state index contributed by atoms with van der Waals surface area (Å²) in [6, 6.07) is 0. The number of hydrogen-bond donors (Lipinski definition) is 0. The molecule has 0 radical (unpaired) electrons. The van der Waals surface area contributed by atoms with Crippen molar-refractivity contribution in [2.45, 2.75) is 85.4 Å². The molecule has 0 aromatic rings. The molecule has 0 amide bonds. The van der Waals surface area contributed by atoms with Crippen LogP contribution in [0, 0.1) is 0 Å². The van der Waals surface area contributed by atoms with E-state index < -0.39 is 22.9 Å². The van der Waals surface area contributed by atoms with E-state index in [0.29, 0.717) is 6.34 Å². The van der Waals surface area contributed by atoms with Crippen LogP contribution in [-0.2, 0) is 22.9 Å².